The highest BCUT2D eigenvalue weighted by Gasteiger charge is 2.49. The summed E-state index contributed by atoms with van der Waals surface area (Å²) in [6.07, 6.45) is -7.15. The quantitative estimate of drug-likeness (QED) is 0.276. The van der Waals surface area contributed by atoms with Crippen molar-refractivity contribution in [1.82, 2.24) is 10.2 Å². The molecule has 0 aromatic rings. The first-order valence-corrected chi connectivity index (χ1v) is 6.37. The summed E-state index contributed by atoms with van der Waals surface area (Å²) in [6, 6.07) is -0.705. The number of ether oxygens (including phenoxy) is 1. The van der Waals surface area contributed by atoms with Crippen LogP contribution in [0.1, 0.15) is 0 Å². The standard InChI is InChI=1S/C11H19N3O7/c12-9-4(2-15)1-13-11(20)14(9)10-8(19)7(18)6(17)5(3-16)21-10/h1,5-10,15-19H,2-3,12H2,(H,13,20)/t5-,6-,7+,8-,9?,10-/m1/s1. The molecule has 8 N–H and O–H groups in total. The van der Waals surface area contributed by atoms with Crippen molar-refractivity contribution in [2.45, 2.75) is 36.8 Å². The minimum Gasteiger partial charge on any atom is -0.394 e. The lowest BCUT2D eigenvalue weighted by atomic mass is 9.97. The number of rotatable bonds is 3. The maximum Gasteiger partial charge on any atom is 0.325 e. The molecular formula is C11H19N3O7. The van der Waals surface area contributed by atoms with E-state index in [1.54, 1.807) is 0 Å². The predicted octanol–water partition coefficient (Wildman–Crippen LogP) is -4.03. The van der Waals surface area contributed by atoms with Gasteiger partial charge in [-0.05, 0) is 0 Å². The summed E-state index contributed by atoms with van der Waals surface area (Å²) in [5, 5.41) is 50.1. The molecule has 2 rings (SSSR count). The van der Waals surface area contributed by atoms with Crippen LogP contribution >= 0.6 is 0 Å². The predicted molar refractivity (Wildman–Crippen MR) is 67.3 cm³/mol. The molecule has 1 unspecified atom stereocenters. The lowest BCUT2D eigenvalue weighted by molar-refractivity contribution is -0.260. The second-order valence-electron chi connectivity index (χ2n) is 4.90. The number of nitrogens with zero attached hydrogens (tertiary/aromatic N) is 1. The summed E-state index contributed by atoms with van der Waals surface area (Å²) in [7, 11) is 0. The van der Waals surface area contributed by atoms with Gasteiger partial charge in [-0.15, -0.1) is 0 Å². The highest BCUT2D eigenvalue weighted by atomic mass is 16.6. The maximum absolute atomic E-state index is 11.9. The lowest BCUT2D eigenvalue weighted by Gasteiger charge is -2.47. The molecule has 2 aliphatic rings. The lowest BCUT2D eigenvalue weighted by Crippen LogP contribution is -2.69. The number of carbonyl (C=O) groups is 1. The largest absolute Gasteiger partial charge is 0.394 e. The van der Waals surface area contributed by atoms with Crippen LogP contribution < -0.4 is 11.1 Å². The first-order valence-electron chi connectivity index (χ1n) is 6.37. The molecule has 1 fully saturated rings. The van der Waals surface area contributed by atoms with Crippen LogP contribution in [0, 0.1) is 0 Å². The first kappa shape index (κ1) is 16.1. The van der Waals surface area contributed by atoms with Gasteiger partial charge in [-0.3, -0.25) is 4.90 Å². The number of hydrogen-bond acceptors (Lipinski definition) is 8. The van der Waals surface area contributed by atoms with Gasteiger partial charge in [-0.1, -0.05) is 0 Å². The van der Waals surface area contributed by atoms with Crippen molar-refractivity contribution in [2.24, 2.45) is 5.73 Å². The van der Waals surface area contributed by atoms with Crippen LogP contribution in [0.4, 0.5) is 4.79 Å². The fraction of sp³-hybridized carbons (Fsp3) is 0.727. The van der Waals surface area contributed by atoms with Crippen molar-refractivity contribution in [1.29, 1.82) is 0 Å². The SMILES string of the molecule is NC1C(CO)=CNC(=O)N1[C@@H]1O[C@H](CO)[C@@H](O)[C@H](O)[C@H]1O. The monoisotopic (exact) mass is 305 g/mol. The molecule has 2 heterocycles. The van der Waals surface area contributed by atoms with Crippen LogP contribution in [-0.2, 0) is 4.74 Å². The van der Waals surface area contributed by atoms with Crippen molar-refractivity contribution < 1.29 is 35.1 Å². The Hall–Kier alpha value is -1.27. The molecule has 10 heteroatoms. The number of hydrogen-bond donors (Lipinski definition) is 7. The minimum atomic E-state index is -1.63. The van der Waals surface area contributed by atoms with Crippen molar-refractivity contribution in [2.75, 3.05) is 13.2 Å². The van der Waals surface area contributed by atoms with Crippen LogP contribution in [0.5, 0.6) is 0 Å². The fourth-order valence-electron chi connectivity index (χ4n) is 2.34. The van der Waals surface area contributed by atoms with Gasteiger partial charge >= 0.3 is 6.03 Å². The second-order valence-corrected chi connectivity index (χ2v) is 4.90. The third kappa shape index (κ3) is 2.74. The third-order valence-electron chi connectivity index (χ3n) is 3.62. The van der Waals surface area contributed by atoms with Crippen LogP contribution in [0.2, 0.25) is 0 Å². The van der Waals surface area contributed by atoms with E-state index in [4.69, 9.17) is 20.7 Å². The van der Waals surface area contributed by atoms with E-state index >= 15 is 0 Å². The summed E-state index contributed by atoms with van der Waals surface area (Å²) in [5.41, 5.74) is 6.09. The van der Waals surface area contributed by atoms with E-state index in [-0.39, 0.29) is 5.57 Å². The maximum atomic E-state index is 11.9. The zero-order chi connectivity index (χ0) is 15.7. The Morgan fingerprint density at radius 1 is 1.24 bits per heavy atom. The molecule has 0 bridgehead atoms. The van der Waals surface area contributed by atoms with E-state index in [1.165, 1.54) is 6.20 Å². The van der Waals surface area contributed by atoms with E-state index in [0.29, 0.717) is 0 Å². The average Bonchev–Trinajstić information content (AvgIpc) is 2.47. The Morgan fingerprint density at radius 3 is 2.48 bits per heavy atom. The zero-order valence-corrected chi connectivity index (χ0v) is 11.0. The van der Waals surface area contributed by atoms with Gasteiger partial charge in [0.05, 0.1) is 13.2 Å². The number of aliphatic hydroxyl groups is 5. The van der Waals surface area contributed by atoms with Crippen molar-refractivity contribution in [3.05, 3.63) is 11.8 Å². The molecule has 0 spiro atoms. The number of urea groups is 1. The van der Waals surface area contributed by atoms with E-state index in [0.717, 1.165) is 4.90 Å². The smallest absolute Gasteiger partial charge is 0.325 e. The van der Waals surface area contributed by atoms with Gasteiger partial charge in [0.1, 0.15) is 30.6 Å². The second kappa shape index (κ2) is 6.23. The number of aliphatic hydroxyl groups excluding tert-OH is 5. The third-order valence-corrected chi connectivity index (χ3v) is 3.62. The van der Waals surface area contributed by atoms with Crippen molar-refractivity contribution in [3.8, 4) is 0 Å². The topological polar surface area (TPSA) is 169 Å². The molecule has 1 saturated heterocycles. The highest BCUT2D eigenvalue weighted by Crippen LogP contribution is 2.26. The Morgan fingerprint density at radius 2 is 1.90 bits per heavy atom. The van der Waals surface area contributed by atoms with Gasteiger partial charge in [0.25, 0.3) is 0 Å². The molecule has 0 aromatic carbocycles. The first-order chi connectivity index (χ1) is 9.92. The fourth-order valence-corrected chi connectivity index (χ4v) is 2.34. The highest BCUT2D eigenvalue weighted by molar-refractivity contribution is 5.77. The van der Waals surface area contributed by atoms with E-state index in [1.807, 2.05) is 0 Å². The van der Waals surface area contributed by atoms with Crippen LogP contribution in [0.15, 0.2) is 11.8 Å². The molecule has 10 nitrogen and oxygen atoms in total. The Labute approximate surface area is 120 Å². The van der Waals surface area contributed by atoms with Gasteiger partial charge in [0, 0.05) is 11.8 Å². The molecular weight excluding hydrogens is 286 g/mol. The number of amides is 2. The number of carbonyl (C=O) groups excluding carboxylic acids is 1. The Bertz CT molecular complexity index is 430. The van der Waals surface area contributed by atoms with Crippen molar-refractivity contribution >= 4 is 6.03 Å². The number of nitrogens with two attached hydrogens (primary N) is 1. The van der Waals surface area contributed by atoms with Gasteiger partial charge in [-0.25, -0.2) is 4.79 Å². The summed E-state index contributed by atoms with van der Waals surface area (Å²) in [5.74, 6) is 0. The zero-order valence-electron chi connectivity index (χ0n) is 11.0. The minimum absolute atomic E-state index is 0.270. The van der Waals surface area contributed by atoms with E-state index in [9.17, 15) is 20.1 Å². The molecule has 2 aliphatic heterocycles. The summed E-state index contributed by atoms with van der Waals surface area (Å²) in [4.78, 5) is 12.8. The van der Waals surface area contributed by atoms with Crippen molar-refractivity contribution in [3.63, 3.8) is 0 Å². The van der Waals surface area contributed by atoms with E-state index in [2.05, 4.69) is 5.32 Å². The molecule has 0 radical (unpaired) electrons. The Kier molecular flexibility index (Phi) is 4.78. The van der Waals surface area contributed by atoms with Gasteiger partial charge in [0.15, 0.2) is 6.23 Å². The Balaban J connectivity index is 2.26. The molecule has 120 valence electrons. The molecule has 6 atom stereocenters. The van der Waals surface area contributed by atoms with Crippen LogP contribution in [0.3, 0.4) is 0 Å². The number of nitrogens with one attached hydrogen (secondary N) is 1. The van der Waals surface area contributed by atoms with Gasteiger partial charge in [0.2, 0.25) is 0 Å². The van der Waals surface area contributed by atoms with E-state index < -0.39 is 56.1 Å². The molecule has 0 saturated carbocycles. The van der Waals surface area contributed by atoms with Gasteiger partial charge < -0.3 is 41.3 Å². The molecule has 2 amide bonds. The van der Waals surface area contributed by atoms with Gasteiger partial charge in [-0.2, -0.15) is 0 Å². The molecule has 21 heavy (non-hydrogen) atoms. The summed E-state index contributed by atoms with van der Waals surface area (Å²) in [6.45, 7) is -1.04. The summed E-state index contributed by atoms with van der Waals surface area (Å²) >= 11 is 0. The normalized spacial score (nSPS) is 40.8. The molecule has 0 aliphatic carbocycles. The van der Waals surface area contributed by atoms with Crippen LogP contribution in [0.25, 0.3) is 0 Å². The summed E-state index contributed by atoms with van der Waals surface area (Å²) < 4.78 is 5.27. The average molecular weight is 305 g/mol. The van der Waals surface area contributed by atoms with Crippen LogP contribution in [-0.4, -0.2) is 86.5 Å². The molecule has 0 aromatic heterocycles.